The monoisotopic (exact) mass is 355 g/mol. The first-order chi connectivity index (χ1) is 9.65. The van der Waals surface area contributed by atoms with Crippen molar-refractivity contribution in [3.8, 4) is 0 Å². The lowest BCUT2D eigenvalue weighted by molar-refractivity contribution is -0.384. The molecule has 1 amide bonds. The SMILES string of the molecule is CC(=O)NCCNS(=O)(=O)c1cc([N+](=O)[O-])c(Cl)cc1Cl. The maximum absolute atomic E-state index is 12.0. The van der Waals surface area contributed by atoms with Gasteiger partial charge in [0, 0.05) is 26.1 Å². The van der Waals surface area contributed by atoms with Gasteiger partial charge in [0.1, 0.15) is 9.92 Å². The van der Waals surface area contributed by atoms with Crippen LogP contribution in [0.1, 0.15) is 6.92 Å². The van der Waals surface area contributed by atoms with E-state index >= 15 is 0 Å². The first-order valence-corrected chi connectivity index (χ1v) is 7.76. The van der Waals surface area contributed by atoms with Crippen LogP contribution in [-0.2, 0) is 14.8 Å². The van der Waals surface area contributed by atoms with Crippen LogP contribution in [0.4, 0.5) is 5.69 Å². The molecule has 0 spiro atoms. The van der Waals surface area contributed by atoms with Crippen LogP contribution in [0.25, 0.3) is 0 Å². The third-order valence-corrected chi connectivity index (χ3v) is 4.51. The number of halogens is 2. The topological polar surface area (TPSA) is 118 Å². The fourth-order valence-corrected chi connectivity index (χ4v) is 3.23. The van der Waals surface area contributed by atoms with Gasteiger partial charge in [-0.1, -0.05) is 23.2 Å². The number of nitrogens with zero attached hydrogens (tertiary/aromatic N) is 1. The average molecular weight is 356 g/mol. The Labute approximate surface area is 130 Å². The third-order valence-electron chi connectivity index (χ3n) is 2.28. The van der Waals surface area contributed by atoms with Crippen molar-refractivity contribution in [1.29, 1.82) is 0 Å². The summed E-state index contributed by atoms with van der Waals surface area (Å²) in [6.07, 6.45) is 0. The van der Waals surface area contributed by atoms with Gasteiger partial charge in [0.15, 0.2) is 0 Å². The summed E-state index contributed by atoms with van der Waals surface area (Å²) < 4.78 is 26.2. The fourth-order valence-electron chi connectivity index (χ4n) is 1.37. The first kappa shape index (κ1) is 17.6. The second-order valence-corrected chi connectivity index (χ2v) is 6.42. The highest BCUT2D eigenvalue weighted by atomic mass is 35.5. The lowest BCUT2D eigenvalue weighted by Gasteiger charge is -2.09. The number of nitro groups is 1. The van der Waals surface area contributed by atoms with Crippen LogP contribution in [0.2, 0.25) is 10.0 Å². The molecule has 0 unspecified atom stereocenters. The van der Waals surface area contributed by atoms with E-state index in [9.17, 15) is 23.3 Å². The number of benzene rings is 1. The summed E-state index contributed by atoms with van der Waals surface area (Å²) in [6, 6.07) is 1.77. The number of sulfonamides is 1. The summed E-state index contributed by atoms with van der Waals surface area (Å²) in [4.78, 5) is 20.1. The van der Waals surface area contributed by atoms with E-state index < -0.39 is 25.5 Å². The molecule has 0 aliphatic rings. The number of nitrogens with one attached hydrogen (secondary N) is 2. The average Bonchev–Trinajstić information content (AvgIpc) is 2.33. The highest BCUT2D eigenvalue weighted by Gasteiger charge is 2.24. The molecule has 0 saturated heterocycles. The van der Waals surface area contributed by atoms with Crippen molar-refractivity contribution in [2.45, 2.75) is 11.8 Å². The molecule has 116 valence electrons. The highest BCUT2D eigenvalue weighted by molar-refractivity contribution is 7.89. The van der Waals surface area contributed by atoms with E-state index in [0.717, 1.165) is 12.1 Å². The second kappa shape index (κ2) is 7.03. The molecule has 1 aromatic carbocycles. The normalized spacial score (nSPS) is 11.2. The summed E-state index contributed by atoms with van der Waals surface area (Å²) in [5.74, 6) is -0.311. The minimum atomic E-state index is -4.06. The minimum absolute atomic E-state index is 0.0713. The van der Waals surface area contributed by atoms with Crippen molar-refractivity contribution in [2.75, 3.05) is 13.1 Å². The zero-order valence-electron chi connectivity index (χ0n) is 10.7. The van der Waals surface area contributed by atoms with Crippen molar-refractivity contribution >= 4 is 44.8 Å². The van der Waals surface area contributed by atoms with Gasteiger partial charge in [-0.3, -0.25) is 14.9 Å². The number of hydrogen-bond acceptors (Lipinski definition) is 5. The third kappa shape index (κ3) is 4.81. The van der Waals surface area contributed by atoms with Gasteiger partial charge < -0.3 is 5.32 Å². The van der Waals surface area contributed by atoms with Crippen molar-refractivity contribution in [3.05, 3.63) is 32.3 Å². The van der Waals surface area contributed by atoms with Crippen molar-refractivity contribution in [1.82, 2.24) is 10.0 Å². The van der Waals surface area contributed by atoms with Gasteiger partial charge in [-0.25, -0.2) is 13.1 Å². The summed E-state index contributed by atoms with van der Waals surface area (Å²) in [5, 5.41) is 12.7. The molecule has 0 aliphatic carbocycles. The van der Waals surface area contributed by atoms with Crippen LogP contribution in [0.3, 0.4) is 0 Å². The Morgan fingerprint density at radius 1 is 1.29 bits per heavy atom. The standard InChI is InChI=1S/C10H11Cl2N3O5S/c1-6(16)13-2-3-14-21(19,20)10-5-9(15(17)18)7(11)4-8(10)12/h4-5,14H,2-3H2,1H3,(H,13,16). The molecule has 1 rings (SSSR count). The maximum Gasteiger partial charge on any atom is 0.289 e. The minimum Gasteiger partial charge on any atom is -0.355 e. The Bertz CT molecular complexity index is 678. The van der Waals surface area contributed by atoms with Gasteiger partial charge in [0.2, 0.25) is 15.9 Å². The second-order valence-electron chi connectivity index (χ2n) is 3.87. The largest absolute Gasteiger partial charge is 0.355 e. The Morgan fingerprint density at radius 2 is 1.90 bits per heavy atom. The van der Waals surface area contributed by atoms with Crippen molar-refractivity contribution in [3.63, 3.8) is 0 Å². The van der Waals surface area contributed by atoms with E-state index in [1.54, 1.807) is 0 Å². The molecule has 8 nitrogen and oxygen atoms in total. The summed E-state index contributed by atoms with van der Waals surface area (Å²) in [5.41, 5.74) is -0.566. The Kier molecular flexibility index (Phi) is 5.90. The van der Waals surface area contributed by atoms with E-state index in [1.165, 1.54) is 6.92 Å². The molecule has 0 aliphatic heterocycles. The lowest BCUT2D eigenvalue weighted by atomic mass is 10.3. The quantitative estimate of drug-likeness (QED) is 0.453. The molecule has 0 aromatic heterocycles. The van der Waals surface area contributed by atoms with Crippen LogP contribution < -0.4 is 10.0 Å². The van der Waals surface area contributed by atoms with Crippen molar-refractivity contribution < 1.29 is 18.1 Å². The van der Waals surface area contributed by atoms with Crippen LogP contribution in [-0.4, -0.2) is 32.3 Å². The Balaban J connectivity index is 3.00. The zero-order chi connectivity index (χ0) is 16.2. The maximum atomic E-state index is 12.0. The summed E-state index contributed by atoms with van der Waals surface area (Å²) in [7, 11) is -4.06. The molecule has 1 aromatic rings. The molecule has 21 heavy (non-hydrogen) atoms. The van der Waals surface area contributed by atoms with E-state index in [1.807, 2.05) is 0 Å². The number of hydrogen-bond donors (Lipinski definition) is 2. The van der Waals surface area contributed by atoms with Crippen LogP contribution in [0.5, 0.6) is 0 Å². The van der Waals surface area contributed by atoms with E-state index in [0.29, 0.717) is 0 Å². The molecule has 0 radical (unpaired) electrons. The molecule has 0 atom stereocenters. The van der Waals surface area contributed by atoms with Gasteiger partial charge in [-0.15, -0.1) is 0 Å². The lowest BCUT2D eigenvalue weighted by Crippen LogP contribution is -2.33. The number of nitro benzene ring substituents is 1. The van der Waals surface area contributed by atoms with E-state index in [2.05, 4.69) is 10.0 Å². The first-order valence-electron chi connectivity index (χ1n) is 5.52. The highest BCUT2D eigenvalue weighted by Crippen LogP contribution is 2.32. The van der Waals surface area contributed by atoms with Gasteiger partial charge in [-0.2, -0.15) is 0 Å². The molecule has 2 N–H and O–H groups in total. The van der Waals surface area contributed by atoms with Gasteiger partial charge >= 0.3 is 0 Å². The fraction of sp³-hybridized carbons (Fsp3) is 0.300. The van der Waals surface area contributed by atoms with E-state index in [-0.39, 0.29) is 29.0 Å². The molecule has 0 bridgehead atoms. The molecular formula is C10H11Cl2N3O5S. The number of amides is 1. The molecule has 11 heteroatoms. The Morgan fingerprint density at radius 3 is 2.43 bits per heavy atom. The number of carbonyl (C=O) groups excluding carboxylic acids is 1. The molecular weight excluding hydrogens is 345 g/mol. The summed E-state index contributed by atoms with van der Waals surface area (Å²) in [6.45, 7) is 1.27. The van der Waals surface area contributed by atoms with Gasteiger partial charge in [0.25, 0.3) is 5.69 Å². The van der Waals surface area contributed by atoms with Gasteiger partial charge in [0.05, 0.1) is 9.95 Å². The predicted octanol–water partition coefficient (Wildman–Crippen LogP) is 1.32. The smallest absolute Gasteiger partial charge is 0.289 e. The van der Waals surface area contributed by atoms with Crippen LogP contribution >= 0.6 is 23.2 Å². The predicted molar refractivity (Wildman–Crippen MR) is 77.0 cm³/mol. The van der Waals surface area contributed by atoms with Gasteiger partial charge in [-0.05, 0) is 6.07 Å². The Hall–Kier alpha value is -1.42. The number of rotatable bonds is 6. The molecule has 0 saturated carbocycles. The van der Waals surface area contributed by atoms with Crippen molar-refractivity contribution in [2.24, 2.45) is 0 Å². The zero-order valence-corrected chi connectivity index (χ0v) is 13.0. The number of carbonyl (C=O) groups is 1. The van der Waals surface area contributed by atoms with E-state index in [4.69, 9.17) is 23.2 Å². The summed E-state index contributed by atoms with van der Waals surface area (Å²) >= 11 is 11.4. The molecule has 0 fully saturated rings. The van der Waals surface area contributed by atoms with Crippen LogP contribution in [0, 0.1) is 10.1 Å². The molecule has 0 heterocycles. The van der Waals surface area contributed by atoms with Crippen LogP contribution in [0.15, 0.2) is 17.0 Å².